The summed E-state index contributed by atoms with van der Waals surface area (Å²) in [4.78, 5) is 12.1. The quantitative estimate of drug-likeness (QED) is 0.835. The zero-order valence-corrected chi connectivity index (χ0v) is 12.1. The van der Waals surface area contributed by atoms with Gasteiger partial charge in [0.2, 0.25) is 15.9 Å². The normalized spacial score (nSPS) is 18.8. The number of benzene rings is 1. The lowest BCUT2D eigenvalue weighted by Crippen LogP contribution is -2.23. The summed E-state index contributed by atoms with van der Waals surface area (Å²) in [6.07, 6.45) is 6.50. The van der Waals surface area contributed by atoms with Gasteiger partial charge in [0.15, 0.2) is 0 Å². The number of rotatable bonds is 3. The number of sulfonamides is 1. The number of nitrogens with two attached hydrogens (primary N) is 1. The van der Waals surface area contributed by atoms with Crippen LogP contribution in [0.5, 0.6) is 0 Å². The van der Waals surface area contributed by atoms with Gasteiger partial charge in [-0.05, 0) is 43.9 Å². The van der Waals surface area contributed by atoms with Gasteiger partial charge in [0.05, 0.1) is 4.90 Å². The Bertz CT molecular complexity index is 650. The second-order valence-corrected chi connectivity index (χ2v) is 6.53. The zero-order chi connectivity index (χ0) is 14.8. The first-order valence-corrected chi connectivity index (χ1v) is 8.02. The number of nitrogens with one attached hydrogen (secondary N) is 1. The van der Waals surface area contributed by atoms with Gasteiger partial charge in [-0.15, -0.1) is 0 Å². The van der Waals surface area contributed by atoms with E-state index < -0.39 is 10.0 Å². The molecule has 2 rings (SSSR count). The highest BCUT2D eigenvalue weighted by molar-refractivity contribution is 7.89. The molecule has 6 heteroatoms. The van der Waals surface area contributed by atoms with E-state index in [0.29, 0.717) is 11.3 Å². The Balaban J connectivity index is 2.18. The monoisotopic (exact) mass is 294 g/mol. The molecule has 0 bridgehead atoms. The van der Waals surface area contributed by atoms with E-state index in [1.54, 1.807) is 19.1 Å². The second kappa shape index (κ2) is 5.76. The number of hydrogen-bond donors (Lipinski definition) is 2. The minimum atomic E-state index is -3.78. The number of primary sulfonamides is 1. The first-order chi connectivity index (χ1) is 9.38. The molecule has 0 heterocycles. The lowest BCUT2D eigenvalue weighted by molar-refractivity contribution is -0.120. The van der Waals surface area contributed by atoms with E-state index in [2.05, 4.69) is 11.4 Å². The third-order valence-corrected chi connectivity index (χ3v) is 4.45. The summed E-state index contributed by atoms with van der Waals surface area (Å²) in [5.41, 5.74) is 1.02. The predicted octanol–water partition coefficient (Wildman–Crippen LogP) is 1.94. The molecule has 1 aliphatic rings. The minimum Gasteiger partial charge on any atom is -0.326 e. The molecule has 1 unspecified atom stereocenters. The Morgan fingerprint density at radius 2 is 2.10 bits per heavy atom. The van der Waals surface area contributed by atoms with Crippen LogP contribution in [-0.2, 0) is 14.8 Å². The summed E-state index contributed by atoms with van der Waals surface area (Å²) < 4.78 is 22.9. The maximum atomic E-state index is 12.1. The Hall–Kier alpha value is -1.66. The number of hydrogen-bond acceptors (Lipinski definition) is 3. The molecule has 1 amide bonds. The van der Waals surface area contributed by atoms with Crippen LogP contribution in [0.3, 0.4) is 0 Å². The van der Waals surface area contributed by atoms with Crippen LogP contribution in [0.2, 0.25) is 0 Å². The van der Waals surface area contributed by atoms with Gasteiger partial charge in [-0.1, -0.05) is 18.2 Å². The molecule has 0 aromatic heterocycles. The number of amides is 1. The van der Waals surface area contributed by atoms with Crippen molar-refractivity contribution in [2.24, 2.45) is 11.1 Å². The van der Waals surface area contributed by atoms with Gasteiger partial charge in [0.25, 0.3) is 0 Å². The maximum Gasteiger partial charge on any atom is 0.238 e. The van der Waals surface area contributed by atoms with Crippen molar-refractivity contribution in [1.29, 1.82) is 0 Å². The highest BCUT2D eigenvalue weighted by atomic mass is 32.2. The molecule has 3 N–H and O–H groups in total. The minimum absolute atomic E-state index is 0.0406. The molecule has 0 aliphatic heterocycles. The van der Waals surface area contributed by atoms with E-state index in [0.717, 1.165) is 19.3 Å². The van der Waals surface area contributed by atoms with E-state index in [1.807, 2.05) is 6.08 Å². The van der Waals surface area contributed by atoms with Crippen molar-refractivity contribution in [3.05, 3.63) is 35.9 Å². The van der Waals surface area contributed by atoms with Crippen LogP contribution in [0.4, 0.5) is 5.69 Å². The molecule has 1 aromatic rings. The molecule has 20 heavy (non-hydrogen) atoms. The largest absolute Gasteiger partial charge is 0.326 e. The van der Waals surface area contributed by atoms with Gasteiger partial charge in [-0.3, -0.25) is 4.79 Å². The number of anilines is 1. The first kappa shape index (κ1) is 14.7. The summed E-state index contributed by atoms with van der Waals surface area (Å²) in [6.45, 7) is 1.66. The Kier molecular flexibility index (Phi) is 4.25. The summed E-state index contributed by atoms with van der Waals surface area (Å²) in [5, 5.41) is 7.91. The van der Waals surface area contributed by atoms with E-state index >= 15 is 0 Å². The fraction of sp³-hybridized carbons (Fsp3) is 0.357. The second-order valence-electron chi connectivity index (χ2n) is 5.00. The van der Waals surface area contributed by atoms with Gasteiger partial charge < -0.3 is 5.32 Å². The summed E-state index contributed by atoms with van der Waals surface area (Å²) in [5.74, 6) is -0.141. The fourth-order valence-corrected chi connectivity index (χ4v) is 3.07. The van der Waals surface area contributed by atoms with E-state index in [1.165, 1.54) is 6.07 Å². The van der Waals surface area contributed by atoms with Crippen LogP contribution in [0.15, 0.2) is 35.2 Å². The molecule has 0 fully saturated rings. The van der Waals surface area contributed by atoms with E-state index in [9.17, 15) is 13.2 Å². The molecule has 108 valence electrons. The van der Waals surface area contributed by atoms with Crippen LogP contribution in [0.25, 0.3) is 0 Å². The molecule has 0 radical (unpaired) electrons. The maximum absolute atomic E-state index is 12.1. The van der Waals surface area contributed by atoms with Crippen LogP contribution in [0, 0.1) is 12.8 Å². The van der Waals surface area contributed by atoms with Crippen molar-refractivity contribution in [1.82, 2.24) is 0 Å². The van der Waals surface area contributed by atoms with Crippen molar-refractivity contribution in [2.75, 3.05) is 5.32 Å². The van der Waals surface area contributed by atoms with Crippen molar-refractivity contribution < 1.29 is 13.2 Å². The fourth-order valence-electron chi connectivity index (χ4n) is 2.26. The molecule has 5 nitrogen and oxygen atoms in total. The lowest BCUT2D eigenvalue weighted by atomic mass is 9.93. The zero-order valence-electron chi connectivity index (χ0n) is 11.3. The smallest absolute Gasteiger partial charge is 0.238 e. The average Bonchev–Trinajstić information content (AvgIpc) is 2.40. The number of allylic oxidation sites excluding steroid dienone is 2. The molecule has 0 saturated heterocycles. The molecule has 0 spiro atoms. The highest BCUT2D eigenvalue weighted by Gasteiger charge is 2.19. The number of carbonyl (C=O) groups is 1. The van der Waals surface area contributed by atoms with Gasteiger partial charge in [-0.2, -0.15) is 0 Å². The molecule has 1 aliphatic carbocycles. The molecular weight excluding hydrogens is 276 g/mol. The first-order valence-electron chi connectivity index (χ1n) is 6.47. The predicted molar refractivity (Wildman–Crippen MR) is 77.7 cm³/mol. The van der Waals surface area contributed by atoms with Gasteiger partial charge >= 0.3 is 0 Å². The summed E-state index contributed by atoms with van der Waals surface area (Å²) >= 11 is 0. The van der Waals surface area contributed by atoms with Crippen LogP contribution >= 0.6 is 0 Å². The van der Waals surface area contributed by atoms with Crippen molar-refractivity contribution in [2.45, 2.75) is 31.1 Å². The average molecular weight is 294 g/mol. The molecule has 1 aromatic carbocycles. The van der Waals surface area contributed by atoms with E-state index in [-0.39, 0.29) is 16.7 Å². The van der Waals surface area contributed by atoms with Crippen LogP contribution < -0.4 is 10.5 Å². The van der Waals surface area contributed by atoms with Gasteiger partial charge in [0.1, 0.15) is 0 Å². The van der Waals surface area contributed by atoms with E-state index in [4.69, 9.17) is 5.14 Å². The van der Waals surface area contributed by atoms with Crippen molar-refractivity contribution in [3.63, 3.8) is 0 Å². The Morgan fingerprint density at radius 1 is 1.35 bits per heavy atom. The summed E-state index contributed by atoms with van der Waals surface area (Å²) in [6, 6.07) is 4.72. The van der Waals surface area contributed by atoms with Crippen LogP contribution in [0.1, 0.15) is 24.8 Å². The SMILES string of the molecule is Cc1ccc(NC(=O)C2CC=CCC2)cc1S(N)(=O)=O. The summed E-state index contributed by atoms with van der Waals surface area (Å²) in [7, 11) is -3.78. The third kappa shape index (κ3) is 3.46. The number of carbonyl (C=O) groups excluding carboxylic acids is 1. The molecular formula is C14H18N2O3S. The van der Waals surface area contributed by atoms with Crippen molar-refractivity contribution >= 4 is 21.6 Å². The standard InChI is InChI=1S/C14H18N2O3S/c1-10-7-8-12(9-13(10)20(15,18)19)16-14(17)11-5-3-2-4-6-11/h2-3,7-9,11H,4-6H2,1H3,(H,16,17)(H2,15,18,19). The van der Waals surface area contributed by atoms with Crippen molar-refractivity contribution in [3.8, 4) is 0 Å². The lowest BCUT2D eigenvalue weighted by Gasteiger charge is -2.17. The van der Waals surface area contributed by atoms with Gasteiger partial charge in [-0.25, -0.2) is 13.6 Å². The Morgan fingerprint density at radius 3 is 2.70 bits per heavy atom. The third-order valence-electron chi connectivity index (χ3n) is 3.40. The number of aryl methyl sites for hydroxylation is 1. The van der Waals surface area contributed by atoms with Crippen LogP contribution in [-0.4, -0.2) is 14.3 Å². The highest BCUT2D eigenvalue weighted by Crippen LogP contribution is 2.22. The Labute approximate surface area is 118 Å². The molecule has 1 atom stereocenters. The topological polar surface area (TPSA) is 89.3 Å². The molecule has 0 saturated carbocycles. The van der Waals surface area contributed by atoms with Gasteiger partial charge in [0, 0.05) is 11.6 Å².